The standard InChI is InChI=1S/C5H10N2O2.C2H6/c8-7(9)5-2-1-3-6-4-5;1-2/h5-6H,1-4H2;1-2H3. The molecule has 1 aliphatic heterocycles. The number of nitrogens with one attached hydrogen (secondary N) is 1. The minimum atomic E-state index is -0.334. The molecule has 1 atom stereocenters. The van der Waals surface area contributed by atoms with E-state index in [9.17, 15) is 10.1 Å². The number of rotatable bonds is 1. The van der Waals surface area contributed by atoms with Gasteiger partial charge in [-0.2, -0.15) is 0 Å². The molecule has 1 unspecified atom stereocenters. The first-order chi connectivity index (χ1) is 5.30. The van der Waals surface area contributed by atoms with Gasteiger partial charge in [0.1, 0.15) is 0 Å². The summed E-state index contributed by atoms with van der Waals surface area (Å²) in [4.78, 5) is 9.92. The minimum absolute atomic E-state index is 0.202. The highest BCUT2D eigenvalue weighted by Gasteiger charge is 2.21. The largest absolute Gasteiger partial charge is 0.310 e. The Bertz CT molecular complexity index is 111. The third-order valence-corrected chi connectivity index (χ3v) is 1.57. The summed E-state index contributed by atoms with van der Waals surface area (Å²) < 4.78 is 0. The molecule has 1 saturated heterocycles. The fraction of sp³-hybridized carbons (Fsp3) is 1.00. The van der Waals surface area contributed by atoms with Crippen LogP contribution < -0.4 is 5.32 Å². The Morgan fingerprint density at radius 3 is 2.45 bits per heavy atom. The van der Waals surface area contributed by atoms with Gasteiger partial charge in [-0.1, -0.05) is 13.8 Å². The van der Waals surface area contributed by atoms with E-state index in [4.69, 9.17) is 0 Å². The van der Waals surface area contributed by atoms with Gasteiger partial charge < -0.3 is 5.32 Å². The second-order valence-electron chi connectivity index (χ2n) is 2.29. The molecule has 1 aliphatic rings. The second-order valence-corrected chi connectivity index (χ2v) is 2.29. The van der Waals surface area contributed by atoms with Crippen LogP contribution in [0, 0.1) is 10.1 Å². The molecule has 4 heteroatoms. The van der Waals surface area contributed by atoms with Crippen LogP contribution in [0.3, 0.4) is 0 Å². The average molecular weight is 160 g/mol. The average Bonchev–Trinajstić information content (AvgIpc) is 2.10. The fourth-order valence-electron chi connectivity index (χ4n) is 1.01. The maximum Gasteiger partial charge on any atom is 0.225 e. The zero-order valence-corrected chi connectivity index (χ0v) is 7.17. The van der Waals surface area contributed by atoms with E-state index >= 15 is 0 Å². The molecule has 0 saturated carbocycles. The normalized spacial score (nSPS) is 23.3. The Morgan fingerprint density at radius 2 is 2.18 bits per heavy atom. The molecule has 0 aromatic rings. The summed E-state index contributed by atoms with van der Waals surface area (Å²) in [7, 11) is 0. The number of nitrogens with zero attached hydrogens (tertiary/aromatic N) is 1. The SMILES string of the molecule is CC.O=[N+]([O-])C1CCCNC1. The van der Waals surface area contributed by atoms with E-state index in [1.54, 1.807) is 0 Å². The molecule has 0 aromatic carbocycles. The van der Waals surface area contributed by atoms with Crippen LogP contribution in [0.5, 0.6) is 0 Å². The lowest BCUT2D eigenvalue weighted by Gasteiger charge is -2.15. The molecule has 1 heterocycles. The first-order valence-electron chi connectivity index (χ1n) is 4.15. The van der Waals surface area contributed by atoms with Gasteiger partial charge in [-0.3, -0.25) is 10.1 Å². The molecule has 1 N–H and O–H groups in total. The topological polar surface area (TPSA) is 55.2 Å². The van der Waals surface area contributed by atoms with E-state index in [2.05, 4.69) is 5.32 Å². The van der Waals surface area contributed by atoms with Crippen molar-refractivity contribution in [1.29, 1.82) is 0 Å². The van der Waals surface area contributed by atoms with E-state index in [1.165, 1.54) is 0 Å². The van der Waals surface area contributed by atoms with Crippen LogP contribution in [0.25, 0.3) is 0 Å². The van der Waals surface area contributed by atoms with E-state index in [0.29, 0.717) is 6.54 Å². The van der Waals surface area contributed by atoms with E-state index in [1.807, 2.05) is 13.8 Å². The zero-order chi connectivity index (χ0) is 8.69. The Hall–Kier alpha value is -0.640. The van der Waals surface area contributed by atoms with Crippen LogP contribution >= 0.6 is 0 Å². The van der Waals surface area contributed by atoms with Crippen LogP contribution in [0.1, 0.15) is 26.7 Å². The lowest BCUT2D eigenvalue weighted by molar-refractivity contribution is -0.522. The first kappa shape index (κ1) is 10.4. The summed E-state index contributed by atoms with van der Waals surface area (Å²) in [5.41, 5.74) is 0. The van der Waals surface area contributed by atoms with Gasteiger partial charge in [-0.15, -0.1) is 0 Å². The van der Waals surface area contributed by atoms with Crippen molar-refractivity contribution in [1.82, 2.24) is 5.32 Å². The van der Waals surface area contributed by atoms with Gasteiger partial charge in [-0.05, 0) is 13.0 Å². The highest BCUT2D eigenvalue weighted by atomic mass is 16.6. The van der Waals surface area contributed by atoms with Gasteiger partial charge in [0.05, 0.1) is 6.54 Å². The molecule has 0 bridgehead atoms. The van der Waals surface area contributed by atoms with E-state index in [0.717, 1.165) is 19.4 Å². The van der Waals surface area contributed by atoms with Crippen LogP contribution in [0.2, 0.25) is 0 Å². The Morgan fingerprint density at radius 1 is 1.55 bits per heavy atom. The molecule has 0 spiro atoms. The minimum Gasteiger partial charge on any atom is -0.310 e. The summed E-state index contributed by atoms with van der Waals surface area (Å²) in [6.45, 7) is 5.48. The van der Waals surface area contributed by atoms with Gasteiger partial charge in [0.25, 0.3) is 0 Å². The third kappa shape index (κ3) is 3.93. The summed E-state index contributed by atoms with van der Waals surface area (Å²) in [6.07, 6.45) is 1.67. The first-order valence-corrected chi connectivity index (χ1v) is 4.15. The zero-order valence-electron chi connectivity index (χ0n) is 7.17. The predicted molar refractivity (Wildman–Crippen MR) is 44.2 cm³/mol. The van der Waals surface area contributed by atoms with Gasteiger partial charge in [-0.25, -0.2) is 0 Å². The van der Waals surface area contributed by atoms with Crippen molar-refractivity contribution in [3.05, 3.63) is 10.1 Å². The quantitative estimate of drug-likeness (QED) is 0.460. The van der Waals surface area contributed by atoms with E-state index in [-0.39, 0.29) is 11.0 Å². The third-order valence-electron chi connectivity index (χ3n) is 1.57. The maximum absolute atomic E-state index is 10.1. The van der Waals surface area contributed by atoms with Crippen LogP contribution in [0.15, 0.2) is 0 Å². The smallest absolute Gasteiger partial charge is 0.225 e. The lowest BCUT2D eigenvalue weighted by Crippen LogP contribution is -2.38. The summed E-state index contributed by atoms with van der Waals surface area (Å²) in [5.74, 6) is 0. The Balaban J connectivity index is 0.000000461. The van der Waals surface area contributed by atoms with Crippen molar-refractivity contribution in [2.24, 2.45) is 0 Å². The molecule has 4 nitrogen and oxygen atoms in total. The number of nitro groups is 1. The van der Waals surface area contributed by atoms with Crippen LogP contribution in [-0.2, 0) is 0 Å². The maximum atomic E-state index is 10.1. The molecule has 1 fully saturated rings. The van der Waals surface area contributed by atoms with Crippen molar-refractivity contribution >= 4 is 0 Å². The molecule has 11 heavy (non-hydrogen) atoms. The molecule has 0 aliphatic carbocycles. The Kier molecular flexibility index (Phi) is 5.74. The Labute approximate surface area is 67.1 Å². The molecular weight excluding hydrogens is 144 g/mol. The van der Waals surface area contributed by atoms with Crippen molar-refractivity contribution in [3.8, 4) is 0 Å². The molecule has 1 rings (SSSR count). The second kappa shape index (κ2) is 6.09. The van der Waals surface area contributed by atoms with Gasteiger partial charge >= 0.3 is 0 Å². The molecule has 0 aromatic heterocycles. The number of piperidine rings is 1. The van der Waals surface area contributed by atoms with E-state index < -0.39 is 0 Å². The number of hydrogen-bond donors (Lipinski definition) is 1. The van der Waals surface area contributed by atoms with Crippen molar-refractivity contribution in [2.45, 2.75) is 32.7 Å². The van der Waals surface area contributed by atoms with Crippen LogP contribution in [-0.4, -0.2) is 24.1 Å². The molecule has 0 amide bonds. The highest BCUT2D eigenvalue weighted by molar-refractivity contribution is 4.66. The molecular formula is C7H16N2O2. The monoisotopic (exact) mass is 160 g/mol. The van der Waals surface area contributed by atoms with Crippen molar-refractivity contribution in [3.63, 3.8) is 0 Å². The molecule has 0 radical (unpaired) electrons. The van der Waals surface area contributed by atoms with Crippen LogP contribution in [0.4, 0.5) is 0 Å². The van der Waals surface area contributed by atoms with Crippen molar-refractivity contribution < 1.29 is 4.92 Å². The molecule has 66 valence electrons. The summed E-state index contributed by atoms with van der Waals surface area (Å²) in [5, 5.41) is 13.1. The van der Waals surface area contributed by atoms with Gasteiger partial charge in [0.2, 0.25) is 6.04 Å². The number of hydrogen-bond acceptors (Lipinski definition) is 3. The fourth-order valence-corrected chi connectivity index (χ4v) is 1.01. The summed E-state index contributed by atoms with van der Waals surface area (Å²) >= 11 is 0. The summed E-state index contributed by atoms with van der Waals surface area (Å²) in [6, 6.07) is -0.334. The lowest BCUT2D eigenvalue weighted by atomic mass is 10.1. The van der Waals surface area contributed by atoms with Gasteiger partial charge in [0, 0.05) is 11.3 Å². The van der Waals surface area contributed by atoms with Crippen molar-refractivity contribution in [2.75, 3.05) is 13.1 Å². The van der Waals surface area contributed by atoms with Gasteiger partial charge in [0.15, 0.2) is 0 Å². The predicted octanol–water partition coefficient (Wildman–Crippen LogP) is 1.04. The highest BCUT2D eigenvalue weighted by Crippen LogP contribution is 2.03.